The van der Waals surface area contributed by atoms with Crippen molar-refractivity contribution < 1.29 is 9.53 Å². The molecule has 3 aromatic rings. The van der Waals surface area contributed by atoms with E-state index in [4.69, 9.17) is 4.74 Å². The molecule has 3 rings (SSSR count). The van der Waals surface area contributed by atoms with Crippen molar-refractivity contribution in [1.82, 2.24) is 4.57 Å². The molecular formula is C21H22BrNO2. The van der Waals surface area contributed by atoms with Gasteiger partial charge in [0.25, 0.3) is 0 Å². The largest absolute Gasteiger partial charge is 0.380 e. The third-order valence-corrected chi connectivity index (χ3v) is 4.97. The first-order valence-corrected chi connectivity index (χ1v) is 9.31. The highest BCUT2D eigenvalue weighted by Crippen LogP contribution is 2.33. The van der Waals surface area contributed by atoms with Crippen molar-refractivity contribution in [2.45, 2.75) is 26.8 Å². The van der Waals surface area contributed by atoms with Crippen molar-refractivity contribution >= 4 is 32.6 Å². The number of ether oxygens (including phenoxy) is 1. The molecule has 1 unspecified atom stereocenters. The number of benzene rings is 2. The van der Waals surface area contributed by atoms with Crippen LogP contribution in [0.15, 0.2) is 53.0 Å². The summed E-state index contributed by atoms with van der Waals surface area (Å²) in [5.74, 6) is 0.0589. The molecule has 0 N–H and O–H groups in total. The average molecular weight is 400 g/mol. The SMILES string of the molecule is CCOCC(C)n1c(C)c(C(=O)c2ccccc2)c2cc(Br)ccc21. The Bertz CT molecular complexity index is 899. The normalized spacial score (nSPS) is 12.5. The number of carbonyl (C=O) groups is 1. The minimum Gasteiger partial charge on any atom is -0.380 e. The number of ketones is 1. The lowest BCUT2D eigenvalue weighted by molar-refractivity contribution is 0.103. The standard InChI is InChI=1S/C21H22BrNO2/c1-4-25-13-14(2)23-15(3)20(18-12-17(22)10-11-19(18)23)21(24)16-8-6-5-7-9-16/h5-12,14H,4,13H2,1-3H3. The molecule has 2 aromatic carbocycles. The molecule has 0 aliphatic carbocycles. The van der Waals surface area contributed by atoms with Crippen LogP contribution in [0, 0.1) is 6.92 Å². The second-order valence-corrected chi connectivity index (χ2v) is 7.11. The quantitative estimate of drug-likeness (QED) is 0.509. The third-order valence-electron chi connectivity index (χ3n) is 4.48. The van der Waals surface area contributed by atoms with Gasteiger partial charge >= 0.3 is 0 Å². The van der Waals surface area contributed by atoms with Crippen LogP contribution >= 0.6 is 15.9 Å². The lowest BCUT2D eigenvalue weighted by atomic mass is 10.0. The summed E-state index contributed by atoms with van der Waals surface area (Å²) in [6.07, 6.45) is 0. The van der Waals surface area contributed by atoms with Crippen molar-refractivity contribution in [3.05, 3.63) is 69.8 Å². The van der Waals surface area contributed by atoms with Crippen LogP contribution in [0.4, 0.5) is 0 Å². The summed E-state index contributed by atoms with van der Waals surface area (Å²) < 4.78 is 8.80. The summed E-state index contributed by atoms with van der Waals surface area (Å²) in [6, 6.07) is 15.7. The lowest BCUT2D eigenvalue weighted by Gasteiger charge is -2.17. The van der Waals surface area contributed by atoms with Crippen LogP contribution in [0.1, 0.15) is 41.5 Å². The number of fused-ring (bicyclic) bond motifs is 1. The highest BCUT2D eigenvalue weighted by Gasteiger charge is 2.23. The Morgan fingerprint density at radius 2 is 1.92 bits per heavy atom. The van der Waals surface area contributed by atoms with E-state index in [1.807, 2.05) is 56.3 Å². The fraction of sp³-hybridized carbons (Fsp3) is 0.286. The zero-order valence-corrected chi connectivity index (χ0v) is 16.3. The Morgan fingerprint density at radius 1 is 1.20 bits per heavy atom. The van der Waals surface area contributed by atoms with Crippen LogP contribution in [0.5, 0.6) is 0 Å². The summed E-state index contributed by atoms with van der Waals surface area (Å²) in [5, 5.41) is 0.976. The van der Waals surface area contributed by atoms with Gasteiger partial charge in [0.2, 0.25) is 0 Å². The van der Waals surface area contributed by atoms with Gasteiger partial charge in [0.15, 0.2) is 5.78 Å². The van der Waals surface area contributed by atoms with Crippen LogP contribution in [0.25, 0.3) is 10.9 Å². The first kappa shape index (κ1) is 17.9. The molecule has 0 amide bonds. The number of nitrogens with zero attached hydrogens (tertiary/aromatic N) is 1. The number of hydrogen-bond acceptors (Lipinski definition) is 2. The van der Waals surface area contributed by atoms with Gasteiger partial charge in [0, 0.05) is 33.2 Å². The van der Waals surface area contributed by atoms with E-state index in [0.717, 1.165) is 26.6 Å². The van der Waals surface area contributed by atoms with E-state index < -0.39 is 0 Å². The molecule has 0 bridgehead atoms. The zero-order valence-electron chi connectivity index (χ0n) is 14.8. The predicted molar refractivity (Wildman–Crippen MR) is 105 cm³/mol. The number of rotatable bonds is 6. The van der Waals surface area contributed by atoms with E-state index in [0.29, 0.717) is 18.8 Å². The first-order chi connectivity index (χ1) is 12.0. The maximum atomic E-state index is 13.2. The molecule has 25 heavy (non-hydrogen) atoms. The van der Waals surface area contributed by atoms with E-state index in [2.05, 4.69) is 33.5 Å². The molecule has 0 spiro atoms. The third kappa shape index (κ3) is 3.42. The predicted octanol–water partition coefficient (Wildman–Crippen LogP) is 5.54. The molecule has 1 heterocycles. The number of hydrogen-bond donors (Lipinski definition) is 0. The summed E-state index contributed by atoms with van der Waals surface area (Å²) >= 11 is 3.54. The summed E-state index contributed by atoms with van der Waals surface area (Å²) in [4.78, 5) is 13.2. The van der Waals surface area contributed by atoms with E-state index >= 15 is 0 Å². The molecule has 1 aromatic heterocycles. The molecule has 0 saturated heterocycles. The summed E-state index contributed by atoms with van der Waals surface area (Å²) in [7, 11) is 0. The molecule has 1 atom stereocenters. The van der Waals surface area contributed by atoms with Crippen molar-refractivity contribution in [2.75, 3.05) is 13.2 Å². The summed E-state index contributed by atoms with van der Waals surface area (Å²) in [5.41, 5.74) is 3.52. The minimum absolute atomic E-state index is 0.0589. The van der Waals surface area contributed by atoms with E-state index in [-0.39, 0.29) is 11.8 Å². The molecule has 0 aliphatic rings. The van der Waals surface area contributed by atoms with E-state index in [9.17, 15) is 4.79 Å². The Labute approximate surface area is 156 Å². The maximum absolute atomic E-state index is 13.2. The van der Waals surface area contributed by atoms with Crippen LogP contribution in [-0.2, 0) is 4.74 Å². The summed E-state index contributed by atoms with van der Waals surface area (Å²) in [6.45, 7) is 7.45. The van der Waals surface area contributed by atoms with Crippen molar-refractivity contribution in [1.29, 1.82) is 0 Å². The molecule has 0 radical (unpaired) electrons. The topological polar surface area (TPSA) is 31.2 Å². The second-order valence-electron chi connectivity index (χ2n) is 6.20. The van der Waals surface area contributed by atoms with E-state index in [1.54, 1.807) is 0 Å². The van der Waals surface area contributed by atoms with E-state index in [1.165, 1.54) is 0 Å². The molecular weight excluding hydrogens is 378 g/mol. The van der Waals surface area contributed by atoms with Gasteiger partial charge in [0.05, 0.1) is 18.2 Å². The van der Waals surface area contributed by atoms with Crippen LogP contribution in [0.3, 0.4) is 0 Å². The van der Waals surface area contributed by atoms with Crippen molar-refractivity contribution in [3.63, 3.8) is 0 Å². The van der Waals surface area contributed by atoms with Crippen LogP contribution < -0.4 is 0 Å². The minimum atomic E-state index is 0.0589. The lowest BCUT2D eigenvalue weighted by Crippen LogP contribution is -2.14. The van der Waals surface area contributed by atoms with Gasteiger partial charge in [0.1, 0.15) is 0 Å². The van der Waals surface area contributed by atoms with Crippen LogP contribution in [0.2, 0.25) is 0 Å². The smallest absolute Gasteiger partial charge is 0.195 e. The molecule has 0 saturated carbocycles. The zero-order chi connectivity index (χ0) is 18.0. The van der Waals surface area contributed by atoms with Gasteiger partial charge in [-0.15, -0.1) is 0 Å². The highest BCUT2D eigenvalue weighted by atomic mass is 79.9. The Morgan fingerprint density at radius 3 is 2.60 bits per heavy atom. The molecule has 130 valence electrons. The highest BCUT2D eigenvalue weighted by molar-refractivity contribution is 9.10. The Balaban J connectivity index is 2.19. The van der Waals surface area contributed by atoms with Gasteiger partial charge in [-0.1, -0.05) is 46.3 Å². The average Bonchev–Trinajstić information content (AvgIpc) is 2.91. The fourth-order valence-corrected chi connectivity index (χ4v) is 3.73. The monoisotopic (exact) mass is 399 g/mol. The van der Waals surface area contributed by atoms with Gasteiger partial charge in [-0.2, -0.15) is 0 Å². The fourth-order valence-electron chi connectivity index (χ4n) is 3.37. The number of aromatic nitrogens is 1. The molecule has 0 aliphatic heterocycles. The molecule has 0 fully saturated rings. The molecule has 3 nitrogen and oxygen atoms in total. The maximum Gasteiger partial charge on any atom is 0.195 e. The van der Waals surface area contributed by atoms with Gasteiger partial charge in [-0.3, -0.25) is 4.79 Å². The van der Waals surface area contributed by atoms with Crippen LogP contribution in [-0.4, -0.2) is 23.6 Å². The number of halogens is 1. The second kappa shape index (κ2) is 7.54. The van der Waals surface area contributed by atoms with Gasteiger partial charge in [-0.05, 0) is 39.0 Å². The van der Waals surface area contributed by atoms with Gasteiger partial charge < -0.3 is 9.30 Å². The Hall–Kier alpha value is -1.91. The number of carbonyl (C=O) groups excluding carboxylic acids is 1. The first-order valence-electron chi connectivity index (χ1n) is 8.52. The van der Waals surface area contributed by atoms with Crippen molar-refractivity contribution in [2.24, 2.45) is 0 Å². The van der Waals surface area contributed by atoms with Gasteiger partial charge in [-0.25, -0.2) is 0 Å². The Kier molecular flexibility index (Phi) is 5.40. The van der Waals surface area contributed by atoms with Crippen molar-refractivity contribution in [3.8, 4) is 0 Å². The molecule has 4 heteroatoms.